The van der Waals surface area contributed by atoms with E-state index in [1.165, 1.54) is 45.6 Å². The molecule has 1 aliphatic rings. The summed E-state index contributed by atoms with van der Waals surface area (Å²) >= 11 is 0. The van der Waals surface area contributed by atoms with E-state index in [1.54, 1.807) is 6.92 Å². The van der Waals surface area contributed by atoms with Gasteiger partial charge in [0, 0.05) is 32.2 Å². The number of pyridine rings is 1. The van der Waals surface area contributed by atoms with E-state index in [1.807, 2.05) is 6.92 Å². The molecule has 194 valence electrons. The van der Waals surface area contributed by atoms with Crippen molar-refractivity contribution in [2.45, 2.75) is 72.8 Å². The predicted octanol–water partition coefficient (Wildman–Crippen LogP) is 3.65. The predicted molar refractivity (Wildman–Crippen MR) is 127 cm³/mol. The van der Waals surface area contributed by atoms with Gasteiger partial charge in [0.05, 0.1) is 13.2 Å². The quantitative estimate of drug-likeness (QED) is 0.348. The molecular formula is C24H40N2O8. The van der Waals surface area contributed by atoms with Crippen LogP contribution in [0.3, 0.4) is 0 Å². The van der Waals surface area contributed by atoms with Gasteiger partial charge in [-0.15, -0.1) is 0 Å². The summed E-state index contributed by atoms with van der Waals surface area (Å²) < 4.78 is 25.1. The summed E-state index contributed by atoms with van der Waals surface area (Å²) in [4.78, 5) is 36.3. The van der Waals surface area contributed by atoms with Gasteiger partial charge in [0.25, 0.3) is 5.91 Å². The van der Waals surface area contributed by atoms with Crippen LogP contribution in [0.25, 0.3) is 0 Å². The van der Waals surface area contributed by atoms with Gasteiger partial charge in [-0.3, -0.25) is 14.4 Å². The van der Waals surface area contributed by atoms with Crippen LogP contribution in [0.5, 0.6) is 11.5 Å². The van der Waals surface area contributed by atoms with E-state index in [4.69, 9.17) is 24.7 Å². The molecule has 1 aromatic heterocycles. The average molecular weight is 485 g/mol. The van der Waals surface area contributed by atoms with Crippen molar-refractivity contribution in [2.75, 3.05) is 27.1 Å². The summed E-state index contributed by atoms with van der Waals surface area (Å²) in [6, 6.07) is 1.50. The Kier molecular flexibility index (Phi) is 17.0. The van der Waals surface area contributed by atoms with Crippen molar-refractivity contribution in [2.24, 2.45) is 11.7 Å². The van der Waals surface area contributed by atoms with Crippen LogP contribution in [-0.4, -0.2) is 56.1 Å². The van der Waals surface area contributed by atoms with Crippen LogP contribution in [0.2, 0.25) is 0 Å². The minimum atomic E-state index is -0.762. The van der Waals surface area contributed by atoms with E-state index in [-0.39, 0.29) is 36.1 Å². The van der Waals surface area contributed by atoms with Gasteiger partial charge >= 0.3 is 11.9 Å². The summed E-state index contributed by atoms with van der Waals surface area (Å²) in [5, 5.41) is 0. The van der Waals surface area contributed by atoms with Gasteiger partial charge in [0.2, 0.25) is 6.79 Å². The number of ether oxygens (including phenoxy) is 5. The Morgan fingerprint density at radius 2 is 1.82 bits per heavy atom. The van der Waals surface area contributed by atoms with Crippen molar-refractivity contribution in [1.82, 2.24) is 4.98 Å². The lowest BCUT2D eigenvalue weighted by atomic mass is 10.3. The van der Waals surface area contributed by atoms with Gasteiger partial charge in [-0.1, -0.05) is 40.0 Å². The fourth-order valence-electron chi connectivity index (χ4n) is 2.28. The maximum Gasteiger partial charge on any atom is 0.305 e. The number of rotatable bonds is 12. The molecule has 1 amide bonds. The molecule has 1 fully saturated rings. The molecule has 10 heteroatoms. The number of esters is 2. The van der Waals surface area contributed by atoms with Crippen LogP contribution in [0.15, 0.2) is 12.3 Å². The first-order chi connectivity index (χ1) is 16.2. The zero-order valence-corrected chi connectivity index (χ0v) is 21.3. The molecule has 0 aliphatic heterocycles. The third-order valence-electron chi connectivity index (χ3n) is 4.18. The highest BCUT2D eigenvalue weighted by Crippen LogP contribution is 2.32. The van der Waals surface area contributed by atoms with E-state index in [9.17, 15) is 14.4 Å². The van der Waals surface area contributed by atoms with Crippen LogP contribution >= 0.6 is 0 Å². The Labute approximate surface area is 202 Å². The largest absolute Gasteiger partial charge is 0.493 e. The highest BCUT2D eigenvalue weighted by molar-refractivity contribution is 5.94. The smallest absolute Gasteiger partial charge is 0.305 e. The molecule has 1 heterocycles. The number of amides is 1. The molecule has 0 saturated heterocycles. The highest BCUT2D eigenvalue weighted by Gasteiger charge is 2.21. The third-order valence-corrected chi connectivity index (χ3v) is 4.18. The first-order valence-corrected chi connectivity index (χ1v) is 11.6. The minimum Gasteiger partial charge on any atom is -0.493 e. The normalized spacial score (nSPS) is 12.6. The summed E-state index contributed by atoms with van der Waals surface area (Å²) in [6.45, 7) is 10.1. The SMILES string of the molecule is CCC.CCC(=O)OCC(C)OCCC1CC1.COc1ccnc(C(N)=O)c1OCOC(C)=O. The lowest BCUT2D eigenvalue weighted by Crippen LogP contribution is -2.19. The minimum absolute atomic E-state index is 0.0317. The lowest BCUT2D eigenvalue weighted by molar-refractivity contribution is -0.148. The second-order valence-electron chi connectivity index (χ2n) is 7.61. The molecule has 1 aliphatic carbocycles. The molecular weight excluding hydrogens is 444 g/mol. The van der Waals surface area contributed by atoms with E-state index >= 15 is 0 Å². The number of aromatic nitrogens is 1. The molecule has 2 rings (SSSR count). The molecule has 34 heavy (non-hydrogen) atoms. The maximum atomic E-state index is 11.1. The van der Waals surface area contributed by atoms with Crippen LogP contribution < -0.4 is 15.2 Å². The van der Waals surface area contributed by atoms with E-state index in [0.29, 0.717) is 13.0 Å². The Hall–Kier alpha value is -2.88. The second-order valence-corrected chi connectivity index (χ2v) is 7.61. The topological polar surface area (TPSA) is 136 Å². The molecule has 1 aromatic rings. The number of hydrogen-bond donors (Lipinski definition) is 1. The van der Waals surface area contributed by atoms with Crippen molar-refractivity contribution < 1.29 is 38.1 Å². The molecule has 1 saturated carbocycles. The molecule has 0 aromatic carbocycles. The van der Waals surface area contributed by atoms with Crippen molar-refractivity contribution in [1.29, 1.82) is 0 Å². The zero-order chi connectivity index (χ0) is 25.9. The summed E-state index contributed by atoms with van der Waals surface area (Å²) in [5.41, 5.74) is 5.04. The molecule has 1 atom stereocenters. The van der Waals surface area contributed by atoms with Gasteiger partial charge in [-0.25, -0.2) is 4.98 Å². The van der Waals surface area contributed by atoms with Gasteiger partial charge in [0.1, 0.15) is 6.61 Å². The highest BCUT2D eigenvalue weighted by atomic mass is 16.7. The van der Waals surface area contributed by atoms with E-state index in [0.717, 1.165) is 18.9 Å². The average Bonchev–Trinajstić information content (AvgIpc) is 3.62. The van der Waals surface area contributed by atoms with Crippen molar-refractivity contribution in [3.8, 4) is 11.5 Å². The first kappa shape index (κ1) is 31.1. The summed E-state index contributed by atoms with van der Waals surface area (Å²) in [6.07, 6.45) is 6.97. The van der Waals surface area contributed by atoms with Crippen LogP contribution in [0, 0.1) is 5.92 Å². The number of nitrogens with zero attached hydrogens (tertiary/aromatic N) is 1. The Balaban J connectivity index is 0.000000582. The summed E-state index contributed by atoms with van der Waals surface area (Å²) in [7, 11) is 1.40. The third kappa shape index (κ3) is 15.0. The fraction of sp³-hybridized carbons (Fsp3) is 0.667. The van der Waals surface area contributed by atoms with E-state index < -0.39 is 11.9 Å². The number of carbonyl (C=O) groups is 3. The number of nitrogens with two attached hydrogens (primary N) is 1. The first-order valence-electron chi connectivity index (χ1n) is 11.6. The van der Waals surface area contributed by atoms with Crippen molar-refractivity contribution >= 4 is 17.8 Å². The maximum absolute atomic E-state index is 11.1. The lowest BCUT2D eigenvalue weighted by Gasteiger charge is -2.12. The number of carbonyl (C=O) groups excluding carboxylic acids is 3. The van der Waals surface area contributed by atoms with Crippen LogP contribution in [-0.2, 0) is 23.8 Å². The molecule has 1 unspecified atom stereocenters. The van der Waals surface area contributed by atoms with Gasteiger partial charge in [0.15, 0.2) is 17.2 Å². The van der Waals surface area contributed by atoms with Crippen LogP contribution in [0.4, 0.5) is 0 Å². The molecule has 0 bridgehead atoms. The Bertz CT molecular complexity index is 738. The second kappa shape index (κ2) is 18.5. The molecule has 10 nitrogen and oxygen atoms in total. The van der Waals surface area contributed by atoms with Crippen molar-refractivity contribution in [3.05, 3.63) is 18.0 Å². The zero-order valence-electron chi connectivity index (χ0n) is 21.3. The Morgan fingerprint density at radius 3 is 2.32 bits per heavy atom. The summed E-state index contributed by atoms with van der Waals surface area (Å²) in [5.74, 6) is -0.192. The van der Waals surface area contributed by atoms with Crippen molar-refractivity contribution in [3.63, 3.8) is 0 Å². The van der Waals surface area contributed by atoms with Gasteiger partial charge in [-0.05, 0) is 19.3 Å². The molecule has 0 spiro atoms. The fourth-order valence-corrected chi connectivity index (χ4v) is 2.28. The number of methoxy groups -OCH3 is 1. The number of primary amides is 1. The number of hydrogen-bond acceptors (Lipinski definition) is 9. The van der Waals surface area contributed by atoms with Gasteiger partial charge in [-0.2, -0.15) is 0 Å². The van der Waals surface area contributed by atoms with Crippen LogP contribution in [0.1, 0.15) is 77.2 Å². The molecule has 0 radical (unpaired) electrons. The monoisotopic (exact) mass is 484 g/mol. The van der Waals surface area contributed by atoms with E-state index in [2.05, 4.69) is 23.6 Å². The Morgan fingerprint density at radius 1 is 1.18 bits per heavy atom. The molecule has 2 N–H and O–H groups in total. The standard InChI is InChI=1S/C11H20O3.C10H12N2O5.C3H8/c1-3-11(12)14-8-9(2)13-7-6-10-4-5-10;1-6(13)16-5-17-9-7(15-2)3-4-12-8(9)10(11)14;1-3-2/h9-10H,3-8H2,1-2H3;3-4H,5H2,1-2H3,(H2,11,14);3H2,1-2H3. The van der Waals surface area contributed by atoms with Gasteiger partial charge < -0.3 is 29.4 Å².